The molecule has 0 amide bonds. The number of rotatable bonds is 7. The summed E-state index contributed by atoms with van der Waals surface area (Å²) in [5.41, 5.74) is 0.898. The summed E-state index contributed by atoms with van der Waals surface area (Å²) in [6.45, 7) is 0.445. The minimum atomic E-state index is 0.376. The molecule has 98 valence electrons. The number of halogens is 1. The quantitative estimate of drug-likeness (QED) is 0.564. The van der Waals surface area contributed by atoms with E-state index >= 15 is 0 Å². The maximum Gasteiger partial charge on any atom is 0.203 e. The molecule has 0 aromatic heterocycles. The van der Waals surface area contributed by atoms with E-state index in [1.807, 2.05) is 12.1 Å². The molecule has 4 nitrogen and oxygen atoms in total. The van der Waals surface area contributed by atoms with Crippen LogP contribution in [0.5, 0.6) is 17.2 Å². The summed E-state index contributed by atoms with van der Waals surface area (Å²) >= 11 is 5.79. The van der Waals surface area contributed by atoms with Crippen LogP contribution in [0.25, 0.3) is 0 Å². The highest BCUT2D eigenvalue weighted by Gasteiger charge is 2.13. The van der Waals surface area contributed by atoms with Gasteiger partial charge in [-0.2, -0.15) is 5.26 Å². The Hall–Kier alpha value is -1.60. The first kappa shape index (κ1) is 14.5. The van der Waals surface area contributed by atoms with Crippen molar-refractivity contribution in [2.24, 2.45) is 0 Å². The third kappa shape index (κ3) is 3.71. The molecular weight excluding hydrogens is 254 g/mol. The van der Waals surface area contributed by atoms with Gasteiger partial charge in [0.1, 0.15) is 0 Å². The van der Waals surface area contributed by atoms with Crippen LogP contribution in [0, 0.1) is 11.3 Å². The van der Waals surface area contributed by atoms with Crippen molar-refractivity contribution in [1.82, 2.24) is 0 Å². The Morgan fingerprint density at radius 1 is 1.22 bits per heavy atom. The smallest absolute Gasteiger partial charge is 0.203 e. The molecule has 0 N–H and O–H groups in total. The molecule has 0 radical (unpaired) electrons. The third-order valence-corrected chi connectivity index (χ3v) is 2.66. The Morgan fingerprint density at radius 2 is 1.83 bits per heavy atom. The molecular formula is C13H16ClNO3. The summed E-state index contributed by atoms with van der Waals surface area (Å²) in [6.07, 6.45) is 1.13. The Bertz CT molecular complexity index is 404. The number of hydrogen-bond acceptors (Lipinski definition) is 4. The van der Waals surface area contributed by atoms with Gasteiger partial charge in [-0.15, -0.1) is 11.6 Å². The molecule has 0 aliphatic heterocycles. The van der Waals surface area contributed by atoms with Crippen LogP contribution >= 0.6 is 11.6 Å². The number of alkyl halides is 1. The van der Waals surface area contributed by atoms with Gasteiger partial charge in [0.05, 0.1) is 26.9 Å². The fourth-order valence-electron chi connectivity index (χ4n) is 1.48. The van der Waals surface area contributed by atoms with Gasteiger partial charge >= 0.3 is 0 Å². The van der Waals surface area contributed by atoms with Gasteiger partial charge < -0.3 is 14.2 Å². The summed E-state index contributed by atoms with van der Waals surface area (Å²) in [4.78, 5) is 0. The number of ether oxygens (including phenoxy) is 3. The zero-order chi connectivity index (χ0) is 13.4. The molecule has 0 aliphatic carbocycles. The second-order valence-electron chi connectivity index (χ2n) is 3.57. The van der Waals surface area contributed by atoms with E-state index in [0.717, 1.165) is 5.56 Å². The fraction of sp³-hybridized carbons (Fsp3) is 0.462. The number of hydrogen-bond donors (Lipinski definition) is 0. The number of benzene rings is 1. The molecule has 0 heterocycles. The number of unbranched alkanes of at least 4 members (excludes halogenated alkanes) is 1. The molecule has 1 aromatic rings. The third-order valence-electron chi connectivity index (χ3n) is 2.35. The molecule has 0 spiro atoms. The van der Waals surface area contributed by atoms with Crippen LogP contribution < -0.4 is 14.2 Å². The summed E-state index contributed by atoms with van der Waals surface area (Å²) in [5.74, 6) is 2.09. The van der Waals surface area contributed by atoms with E-state index in [2.05, 4.69) is 6.07 Å². The summed E-state index contributed by atoms with van der Waals surface area (Å²) in [7, 11) is 3.13. The standard InChI is InChI=1S/C13H16ClNO3/c1-16-11-7-10(9-14)8-12(17-2)13(11)18-6-4-3-5-15/h7-8H,3-4,6,9H2,1-2H3. The Kier molecular flexibility index (Phi) is 6.16. The first-order valence-corrected chi connectivity index (χ1v) is 6.10. The molecule has 0 saturated heterocycles. The average Bonchev–Trinajstić information content (AvgIpc) is 2.42. The van der Waals surface area contributed by atoms with Crippen molar-refractivity contribution >= 4 is 11.6 Å². The van der Waals surface area contributed by atoms with E-state index in [0.29, 0.717) is 42.6 Å². The Morgan fingerprint density at radius 3 is 2.28 bits per heavy atom. The molecule has 1 aromatic carbocycles. The van der Waals surface area contributed by atoms with Crippen molar-refractivity contribution in [3.8, 4) is 23.3 Å². The molecule has 0 aliphatic rings. The van der Waals surface area contributed by atoms with E-state index in [4.69, 9.17) is 31.1 Å². The largest absolute Gasteiger partial charge is 0.493 e. The van der Waals surface area contributed by atoms with Crippen molar-refractivity contribution in [3.63, 3.8) is 0 Å². The molecule has 0 unspecified atom stereocenters. The lowest BCUT2D eigenvalue weighted by Crippen LogP contribution is -2.02. The van der Waals surface area contributed by atoms with Crippen LogP contribution in [0.4, 0.5) is 0 Å². The van der Waals surface area contributed by atoms with Crippen molar-refractivity contribution in [1.29, 1.82) is 5.26 Å². The monoisotopic (exact) mass is 269 g/mol. The maximum atomic E-state index is 8.46. The fourth-order valence-corrected chi connectivity index (χ4v) is 1.63. The van der Waals surface area contributed by atoms with Crippen molar-refractivity contribution < 1.29 is 14.2 Å². The lowest BCUT2D eigenvalue weighted by Gasteiger charge is -2.15. The molecule has 0 saturated carbocycles. The zero-order valence-corrected chi connectivity index (χ0v) is 11.3. The lowest BCUT2D eigenvalue weighted by molar-refractivity contribution is 0.271. The molecule has 18 heavy (non-hydrogen) atoms. The zero-order valence-electron chi connectivity index (χ0n) is 10.5. The second-order valence-corrected chi connectivity index (χ2v) is 3.84. The van der Waals surface area contributed by atoms with Crippen LogP contribution in [-0.2, 0) is 5.88 Å². The highest BCUT2D eigenvalue weighted by molar-refractivity contribution is 6.17. The predicted octanol–water partition coefficient (Wildman–Crippen LogP) is 3.13. The van der Waals surface area contributed by atoms with E-state index in [1.54, 1.807) is 14.2 Å². The highest BCUT2D eigenvalue weighted by Crippen LogP contribution is 2.39. The normalized spacial score (nSPS) is 9.67. The van der Waals surface area contributed by atoms with Gasteiger partial charge in [0.2, 0.25) is 5.75 Å². The highest BCUT2D eigenvalue weighted by atomic mass is 35.5. The van der Waals surface area contributed by atoms with Gasteiger partial charge in [-0.05, 0) is 24.1 Å². The van der Waals surface area contributed by atoms with E-state index < -0.39 is 0 Å². The van der Waals surface area contributed by atoms with Gasteiger partial charge in [0.15, 0.2) is 11.5 Å². The minimum absolute atomic E-state index is 0.376. The summed E-state index contributed by atoms with van der Waals surface area (Å²) in [5, 5.41) is 8.46. The number of nitriles is 1. The van der Waals surface area contributed by atoms with Gasteiger partial charge in [0.25, 0.3) is 0 Å². The van der Waals surface area contributed by atoms with Crippen molar-refractivity contribution in [3.05, 3.63) is 17.7 Å². The molecule has 5 heteroatoms. The van der Waals surface area contributed by atoms with E-state index in [1.165, 1.54) is 0 Å². The molecule has 0 atom stereocenters. The van der Waals surface area contributed by atoms with Crippen molar-refractivity contribution in [2.45, 2.75) is 18.7 Å². The average molecular weight is 270 g/mol. The van der Waals surface area contributed by atoms with Crippen LogP contribution in [0.15, 0.2) is 12.1 Å². The molecule has 0 fully saturated rings. The van der Waals surface area contributed by atoms with Gasteiger partial charge in [-0.3, -0.25) is 0 Å². The maximum absolute atomic E-state index is 8.46. The van der Waals surface area contributed by atoms with E-state index in [9.17, 15) is 0 Å². The SMILES string of the molecule is COc1cc(CCl)cc(OC)c1OCCCC#N. The number of nitrogens with zero attached hydrogens (tertiary/aromatic N) is 1. The number of methoxy groups -OCH3 is 2. The van der Waals surface area contributed by atoms with E-state index in [-0.39, 0.29) is 0 Å². The summed E-state index contributed by atoms with van der Waals surface area (Å²) < 4.78 is 16.1. The Labute approximate surface area is 112 Å². The van der Waals surface area contributed by atoms with Gasteiger partial charge in [-0.1, -0.05) is 0 Å². The van der Waals surface area contributed by atoms with Crippen LogP contribution in [0.1, 0.15) is 18.4 Å². The topological polar surface area (TPSA) is 51.5 Å². The van der Waals surface area contributed by atoms with Crippen LogP contribution in [-0.4, -0.2) is 20.8 Å². The Balaban J connectivity index is 2.89. The van der Waals surface area contributed by atoms with Gasteiger partial charge in [-0.25, -0.2) is 0 Å². The lowest BCUT2D eigenvalue weighted by atomic mass is 10.2. The van der Waals surface area contributed by atoms with Crippen molar-refractivity contribution in [2.75, 3.05) is 20.8 Å². The first-order valence-electron chi connectivity index (χ1n) is 5.57. The predicted molar refractivity (Wildman–Crippen MR) is 69.4 cm³/mol. The molecule has 0 bridgehead atoms. The molecule has 1 rings (SSSR count). The first-order chi connectivity index (χ1) is 8.76. The minimum Gasteiger partial charge on any atom is -0.493 e. The van der Waals surface area contributed by atoms with Gasteiger partial charge in [0, 0.05) is 12.3 Å². The van der Waals surface area contributed by atoms with Crippen LogP contribution in [0.3, 0.4) is 0 Å². The second kappa shape index (κ2) is 7.67. The summed E-state index contributed by atoms with van der Waals surface area (Å²) in [6, 6.07) is 5.70. The van der Waals surface area contributed by atoms with Crippen LogP contribution in [0.2, 0.25) is 0 Å².